The van der Waals surface area contributed by atoms with E-state index in [4.69, 9.17) is 0 Å². The maximum absolute atomic E-state index is 13.7. The largest absolute Gasteiger partial charge is 0.417 e. The third kappa shape index (κ3) is 3.02. The first-order valence-corrected chi connectivity index (χ1v) is 5.87. The molecule has 1 aromatic heterocycles. The van der Waals surface area contributed by atoms with Gasteiger partial charge in [-0.05, 0) is 24.6 Å². The Morgan fingerprint density at radius 2 is 1.71 bits per heavy atom. The Hall–Kier alpha value is -2.02. The Kier molecular flexibility index (Phi) is 3.95. The Balaban J connectivity index is 2.37. The van der Waals surface area contributed by atoms with Crippen LogP contribution in [0.4, 0.5) is 22.0 Å². The van der Waals surface area contributed by atoms with Crippen LogP contribution in [0, 0.1) is 18.6 Å². The molecule has 1 aromatic carbocycles. The summed E-state index contributed by atoms with van der Waals surface area (Å²) >= 11 is 0. The minimum Gasteiger partial charge on any atom is -0.382 e. The van der Waals surface area contributed by atoms with Gasteiger partial charge in [0.25, 0.3) is 0 Å². The monoisotopic (exact) mass is 303 g/mol. The number of rotatable bonds is 2. The van der Waals surface area contributed by atoms with E-state index in [0.717, 1.165) is 12.1 Å². The lowest BCUT2D eigenvalue weighted by molar-refractivity contribution is -0.137. The Morgan fingerprint density at radius 1 is 1.05 bits per heavy atom. The zero-order valence-corrected chi connectivity index (χ0v) is 10.7. The number of benzene rings is 1. The normalized spacial score (nSPS) is 13.3. The summed E-state index contributed by atoms with van der Waals surface area (Å²) in [6.07, 6.45) is -5.68. The molecule has 0 amide bonds. The van der Waals surface area contributed by atoms with Crippen LogP contribution >= 0.6 is 0 Å². The van der Waals surface area contributed by atoms with E-state index in [1.807, 2.05) is 0 Å². The zero-order chi connectivity index (χ0) is 15.8. The van der Waals surface area contributed by atoms with Crippen molar-refractivity contribution in [1.82, 2.24) is 4.98 Å². The van der Waals surface area contributed by atoms with Crippen LogP contribution < -0.4 is 0 Å². The molecule has 0 radical (unpaired) electrons. The molecular formula is C14H10F5NO. The second-order valence-electron chi connectivity index (χ2n) is 4.47. The van der Waals surface area contributed by atoms with E-state index in [9.17, 15) is 27.1 Å². The van der Waals surface area contributed by atoms with Gasteiger partial charge in [0.15, 0.2) is 11.6 Å². The number of hydrogen-bond donors (Lipinski definition) is 1. The van der Waals surface area contributed by atoms with Gasteiger partial charge in [0, 0.05) is 11.8 Å². The van der Waals surface area contributed by atoms with Gasteiger partial charge in [-0.25, -0.2) is 8.78 Å². The summed E-state index contributed by atoms with van der Waals surface area (Å²) in [4.78, 5) is 3.46. The molecule has 0 aliphatic rings. The minimum atomic E-state index is -4.56. The molecule has 21 heavy (non-hydrogen) atoms. The quantitative estimate of drug-likeness (QED) is 0.857. The van der Waals surface area contributed by atoms with Crippen LogP contribution in [0.5, 0.6) is 0 Å². The Morgan fingerprint density at radius 3 is 2.24 bits per heavy atom. The standard InChI is InChI=1S/C14H10F5NO/c1-7-2-4-9(12(16)11(7)15)13(21)10-5-3-8(6-20-10)14(17,18)19/h2-6,13,21H,1H3. The van der Waals surface area contributed by atoms with Crippen LogP contribution in [0.2, 0.25) is 0 Å². The third-order valence-electron chi connectivity index (χ3n) is 2.99. The number of hydrogen-bond acceptors (Lipinski definition) is 2. The summed E-state index contributed by atoms with van der Waals surface area (Å²) in [5.41, 5.74) is -1.52. The van der Waals surface area contributed by atoms with Crippen molar-refractivity contribution in [3.63, 3.8) is 0 Å². The fourth-order valence-electron chi connectivity index (χ4n) is 1.77. The van der Waals surface area contributed by atoms with Crippen LogP contribution in [-0.2, 0) is 6.18 Å². The summed E-state index contributed by atoms with van der Waals surface area (Å²) in [5.74, 6) is -2.36. The zero-order valence-electron chi connectivity index (χ0n) is 10.7. The van der Waals surface area contributed by atoms with E-state index < -0.39 is 29.5 Å². The van der Waals surface area contributed by atoms with Crippen LogP contribution in [0.3, 0.4) is 0 Å². The van der Waals surface area contributed by atoms with Crippen molar-refractivity contribution in [2.75, 3.05) is 0 Å². The average Bonchev–Trinajstić information content (AvgIpc) is 2.43. The minimum absolute atomic E-state index is 0.0591. The average molecular weight is 303 g/mol. The van der Waals surface area contributed by atoms with E-state index in [0.29, 0.717) is 12.3 Å². The molecule has 2 aromatic rings. The van der Waals surface area contributed by atoms with Gasteiger partial charge >= 0.3 is 6.18 Å². The van der Waals surface area contributed by atoms with Gasteiger partial charge in [-0.1, -0.05) is 12.1 Å². The van der Waals surface area contributed by atoms with Crippen molar-refractivity contribution in [3.8, 4) is 0 Å². The highest BCUT2D eigenvalue weighted by Gasteiger charge is 2.31. The van der Waals surface area contributed by atoms with Gasteiger partial charge in [0.05, 0.1) is 11.3 Å². The molecular weight excluding hydrogens is 293 g/mol. The molecule has 0 fully saturated rings. The summed E-state index contributed by atoms with van der Waals surface area (Å²) < 4.78 is 64.3. The lowest BCUT2D eigenvalue weighted by Crippen LogP contribution is -2.10. The van der Waals surface area contributed by atoms with E-state index in [2.05, 4.69) is 4.98 Å². The maximum atomic E-state index is 13.7. The highest BCUT2D eigenvalue weighted by molar-refractivity contribution is 5.32. The van der Waals surface area contributed by atoms with Crippen molar-refractivity contribution in [2.45, 2.75) is 19.2 Å². The van der Waals surface area contributed by atoms with E-state index in [1.54, 1.807) is 0 Å². The first-order chi connectivity index (χ1) is 9.71. The molecule has 1 heterocycles. The molecule has 1 N–H and O–H groups in total. The predicted molar refractivity (Wildman–Crippen MR) is 64.4 cm³/mol. The Bertz CT molecular complexity index is 652. The number of pyridine rings is 1. The number of aromatic nitrogens is 1. The lowest BCUT2D eigenvalue weighted by Gasteiger charge is -2.14. The van der Waals surface area contributed by atoms with Crippen molar-refractivity contribution < 1.29 is 27.1 Å². The van der Waals surface area contributed by atoms with E-state index in [-0.39, 0.29) is 16.8 Å². The summed E-state index contributed by atoms with van der Waals surface area (Å²) in [5, 5.41) is 9.93. The number of alkyl halides is 3. The van der Waals surface area contributed by atoms with Crippen molar-refractivity contribution in [1.29, 1.82) is 0 Å². The lowest BCUT2D eigenvalue weighted by atomic mass is 10.0. The van der Waals surface area contributed by atoms with Crippen LogP contribution in [0.1, 0.15) is 28.5 Å². The summed E-state index contributed by atoms with van der Waals surface area (Å²) in [7, 11) is 0. The van der Waals surface area contributed by atoms with Crippen molar-refractivity contribution >= 4 is 0 Å². The topological polar surface area (TPSA) is 33.1 Å². The molecule has 0 aliphatic heterocycles. The second kappa shape index (κ2) is 5.40. The SMILES string of the molecule is Cc1ccc(C(O)c2ccc(C(F)(F)F)cn2)c(F)c1F. The molecule has 1 atom stereocenters. The van der Waals surface area contributed by atoms with Crippen molar-refractivity contribution in [3.05, 3.63) is 64.5 Å². The number of aliphatic hydroxyl groups is 1. The van der Waals surface area contributed by atoms with Gasteiger partial charge < -0.3 is 5.11 Å². The summed E-state index contributed by atoms with van der Waals surface area (Å²) in [6.45, 7) is 1.35. The fraction of sp³-hybridized carbons (Fsp3) is 0.214. The Labute approximate surface area is 116 Å². The molecule has 2 nitrogen and oxygen atoms in total. The molecule has 7 heteroatoms. The first kappa shape index (κ1) is 15.4. The third-order valence-corrected chi connectivity index (χ3v) is 2.99. The van der Waals surface area contributed by atoms with Crippen molar-refractivity contribution in [2.24, 2.45) is 0 Å². The molecule has 1 unspecified atom stereocenters. The van der Waals surface area contributed by atoms with Gasteiger partial charge in [-0.2, -0.15) is 13.2 Å². The molecule has 2 rings (SSSR count). The number of aryl methyl sites for hydroxylation is 1. The molecule has 0 saturated heterocycles. The molecule has 0 aliphatic carbocycles. The smallest absolute Gasteiger partial charge is 0.382 e. The molecule has 0 spiro atoms. The van der Waals surface area contributed by atoms with Gasteiger partial charge in [-0.15, -0.1) is 0 Å². The van der Waals surface area contributed by atoms with Gasteiger partial charge in [-0.3, -0.25) is 4.98 Å². The van der Waals surface area contributed by atoms with E-state index in [1.165, 1.54) is 13.0 Å². The number of aliphatic hydroxyl groups excluding tert-OH is 1. The number of nitrogens with zero attached hydrogens (tertiary/aromatic N) is 1. The highest BCUT2D eigenvalue weighted by Crippen LogP contribution is 2.30. The van der Waals surface area contributed by atoms with Crippen LogP contribution in [-0.4, -0.2) is 10.1 Å². The highest BCUT2D eigenvalue weighted by atomic mass is 19.4. The number of halogens is 5. The first-order valence-electron chi connectivity index (χ1n) is 5.87. The van der Waals surface area contributed by atoms with Crippen LogP contribution in [0.25, 0.3) is 0 Å². The maximum Gasteiger partial charge on any atom is 0.417 e. The molecule has 112 valence electrons. The fourth-order valence-corrected chi connectivity index (χ4v) is 1.77. The van der Waals surface area contributed by atoms with Crippen LogP contribution in [0.15, 0.2) is 30.5 Å². The van der Waals surface area contributed by atoms with E-state index >= 15 is 0 Å². The van der Waals surface area contributed by atoms with Gasteiger partial charge in [0.2, 0.25) is 0 Å². The molecule has 0 bridgehead atoms. The second-order valence-corrected chi connectivity index (χ2v) is 4.47. The summed E-state index contributed by atoms with van der Waals surface area (Å²) in [6, 6.07) is 4.07. The molecule has 0 saturated carbocycles. The predicted octanol–water partition coefficient (Wildman–Crippen LogP) is 3.77. The van der Waals surface area contributed by atoms with Gasteiger partial charge in [0.1, 0.15) is 6.10 Å².